The molecule has 3 nitrogen and oxygen atoms in total. The Hall–Kier alpha value is -0.570. The lowest BCUT2D eigenvalue weighted by Gasteiger charge is -2.29. The number of hydrogen-bond donors (Lipinski definition) is 2. The Bertz CT molecular complexity index is 183. The second kappa shape index (κ2) is 3.05. The molecule has 1 rings (SSSR count). The van der Waals surface area contributed by atoms with Crippen molar-refractivity contribution in [1.82, 2.24) is 5.32 Å². The summed E-state index contributed by atoms with van der Waals surface area (Å²) in [6.07, 6.45) is 0.973. The maximum Gasteiger partial charge on any atom is 0.321 e. The van der Waals surface area contributed by atoms with Gasteiger partial charge in [0.2, 0.25) is 0 Å². The van der Waals surface area contributed by atoms with Crippen molar-refractivity contribution >= 4 is 5.97 Å². The zero-order chi connectivity index (χ0) is 9.35. The van der Waals surface area contributed by atoms with Crippen molar-refractivity contribution in [3.63, 3.8) is 0 Å². The van der Waals surface area contributed by atoms with E-state index in [2.05, 4.69) is 26.1 Å². The van der Waals surface area contributed by atoms with Crippen LogP contribution >= 0.6 is 0 Å². The first kappa shape index (κ1) is 9.52. The third-order valence-electron chi connectivity index (χ3n) is 2.60. The van der Waals surface area contributed by atoms with Crippen molar-refractivity contribution < 1.29 is 9.90 Å². The van der Waals surface area contributed by atoms with Gasteiger partial charge in [0, 0.05) is 0 Å². The fraction of sp³-hybridized carbons (Fsp3) is 0.889. The molecule has 1 aliphatic heterocycles. The molecular formula is C9H17NO2. The van der Waals surface area contributed by atoms with Crippen LogP contribution in [0.1, 0.15) is 27.2 Å². The lowest BCUT2D eigenvalue weighted by molar-refractivity contribution is -0.141. The Labute approximate surface area is 73.2 Å². The highest BCUT2D eigenvalue weighted by molar-refractivity contribution is 5.74. The number of aliphatic carboxylic acids is 1. The van der Waals surface area contributed by atoms with Gasteiger partial charge in [-0.05, 0) is 24.3 Å². The number of rotatable bonds is 1. The zero-order valence-corrected chi connectivity index (χ0v) is 7.92. The lowest BCUT2D eigenvalue weighted by Crippen LogP contribution is -2.40. The van der Waals surface area contributed by atoms with E-state index in [-0.39, 0.29) is 17.4 Å². The Morgan fingerprint density at radius 1 is 1.50 bits per heavy atom. The van der Waals surface area contributed by atoms with Crippen LogP contribution in [0, 0.1) is 11.3 Å². The lowest BCUT2D eigenvalue weighted by atomic mass is 9.76. The molecule has 2 unspecified atom stereocenters. The monoisotopic (exact) mass is 171 g/mol. The molecule has 2 N–H and O–H groups in total. The second-order valence-corrected chi connectivity index (χ2v) is 4.53. The Balaban J connectivity index is 2.71. The van der Waals surface area contributed by atoms with Crippen molar-refractivity contribution in [1.29, 1.82) is 0 Å². The van der Waals surface area contributed by atoms with Crippen LogP contribution < -0.4 is 5.32 Å². The van der Waals surface area contributed by atoms with Crippen LogP contribution in [0.4, 0.5) is 0 Å². The van der Waals surface area contributed by atoms with Crippen LogP contribution in [0.25, 0.3) is 0 Å². The van der Waals surface area contributed by atoms with E-state index < -0.39 is 5.97 Å². The quantitative estimate of drug-likeness (QED) is 0.621. The molecule has 0 aromatic heterocycles. The normalized spacial score (nSPS) is 30.6. The standard InChI is InChI=1S/C9H17NO2/c1-9(2,3)6-4-5-10-7(6)8(11)12/h6-7,10H,4-5H2,1-3H3,(H,11,12). The van der Waals surface area contributed by atoms with Crippen molar-refractivity contribution in [3.05, 3.63) is 0 Å². The molecule has 0 saturated carbocycles. The van der Waals surface area contributed by atoms with Crippen molar-refractivity contribution in [2.24, 2.45) is 11.3 Å². The van der Waals surface area contributed by atoms with E-state index in [0.717, 1.165) is 13.0 Å². The number of hydrogen-bond acceptors (Lipinski definition) is 2. The topological polar surface area (TPSA) is 49.3 Å². The molecule has 0 aliphatic carbocycles. The molecule has 1 heterocycles. The molecule has 0 radical (unpaired) electrons. The van der Waals surface area contributed by atoms with Crippen LogP contribution in [0.15, 0.2) is 0 Å². The highest BCUT2D eigenvalue weighted by Crippen LogP contribution is 2.34. The van der Waals surface area contributed by atoms with Crippen molar-refractivity contribution in [2.45, 2.75) is 33.2 Å². The van der Waals surface area contributed by atoms with Gasteiger partial charge in [0.1, 0.15) is 6.04 Å². The maximum absolute atomic E-state index is 10.8. The van der Waals surface area contributed by atoms with Crippen LogP contribution in [-0.2, 0) is 4.79 Å². The molecule has 2 atom stereocenters. The summed E-state index contributed by atoms with van der Waals surface area (Å²) >= 11 is 0. The van der Waals surface area contributed by atoms with Gasteiger partial charge >= 0.3 is 5.97 Å². The fourth-order valence-electron chi connectivity index (χ4n) is 1.90. The van der Waals surface area contributed by atoms with Gasteiger partial charge in [0.25, 0.3) is 0 Å². The molecule has 0 aromatic rings. The summed E-state index contributed by atoms with van der Waals surface area (Å²) in [7, 11) is 0. The first-order chi connectivity index (χ1) is 5.43. The summed E-state index contributed by atoms with van der Waals surface area (Å²) in [5.74, 6) is -0.456. The molecule has 0 amide bonds. The van der Waals surface area contributed by atoms with E-state index in [1.807, 2.05) is 0 Å². The summed E-state index contributed by atoms with van der Waals surface area (Å²) < 4.78 is 0. The average Bonchev–Trinajstić information content (AvgIpc) is 2.30. The van der Waals surface area contributed by atoms with Crippen LogP contribution in [-0.4, -0.2) is 23.7 Å². The first-order valence-corrected chi connectivity index (χ1v) is 4.39. The van der Waals surface area contributed by atoms with Gasteiger partial charge in [-0.2, -0.15) is 0 Å². The summed E-state index contributed by atoms with van der Waals surface area (Å²) in [5.41, 5.74) is 0.0898. The molecule has 0 bridgehead atoms. The highest BCUT2D eigenvalue weighted by Gasteiger charge is 2.39. The largest absolute Gasteiger partial charge is 0.480 e. The van der Waals surface area contributed by atoms with E-state index in [0.29, 0.717) is 0 Å². The Morgan fingerprint density at radius 3 is 2.42 bits per heavy atom. The molecule has 0 aromatic carbocycles. The fourth-order valence-corrected chi connectivity index (χ4v) is 1.90. The summed E-state index contributed by atoms with van der Waals surface area (Å²) in [5, 5.41) is 11.9. The minimum Gasteiger partial charge on any atom is -0.480 e. The second-order valence-electron chi connectivity index (χ2n) is 4.53. The molecule has 0 spiro atoms. The first-order valence-electron chi connectivity index (χ1n) is 4.39. The summed E-state index contributed by atoms with van der Waals surface area (Å²) in [4.78, 5) is 10.8. The van der Waals surface area contributed by atoms with E-state index in [4.69, 9.17) is 5.11 Å². The third-order valence-corrected chi connectivity index (χ3v) is 2.60. The SMILES string of the molecule is CC(C)(C)C1CCNC1C(=O)O. The molecule has 1 aliphatic rings. The van der Waals surface area contributed by atoms with Gasteiger partial charge < -0.3 is 10.4 Å². The van der Waals surface area contributed by atoms with Crippen LogP contribution in [0.2, 0.25) is 0 Å². The smallest absolute Gasteiger partial charge is 0.321 e. The maximum atomic E-state index is 10.8. The summed E-state index contributed by atoms with van der Waals surface area (Å²) in [6, 6.07) is -0.343. The van der Waals surface area contributed by atoms with Gasteiger partial charge in [-0.25, -0.2) is 0 Å². The number of carboxylic acid groups (broad SMARTS) is 1. The minimum absolute atomic E-state index is 0.0898. The molecular weight excluding hydrogens is 154 g/mol. The molecule has 12 heavy (non-hydrogen) atoms. The number of carboxylic acids is 1. The molecule has 3 heteroatoms. The predicted octanol–water partition coefficient (Wildman–Crippen LogP) is 1.10. The highest BCUT2D eigenvalue weighted by atomic mass is 16.4. The van der Waals surface area contributed by atoms with E-state index in [1.165, 1.54) is 0 Å². The minimum atomic E-state index is -0.715. The zero-order valence-electron chi connectivity index (χ0n) is 7.92. The summed E-state index contributed by atoms with van der Waals surface area (Å²) in [6.45, 7) is 7.13. The third kappa shape index (κ3) is 1.78. The van der Waals surface area contributed by atoms with E-state index >= 15 is 0 Å². The molecule has 1 fully saturated rings. The van der Waals surface area contributed by atoms with Gasteiger partial charge in [0.05, 0.1) is 0 Å². The Morgan fingerprint density at radius 2 is 2.08 bits per heavy atom. The van der Waals surface area contributed by atoms with Crippen LogP contribution in [0.3, 0.4) is 0 Å². The van der Waals surface area contributed by atoms with E-state index in [9.17, 15) is 4.79 Å². The van der Waals surface area contributed by atoms with Gasteiger partial charge in [0.15, 0.2) is 0 Å². The van der Waals surface area contributed by atoms with Gasteiger partial charge in [-0.15, -0.1) is 0 Å². The van der Waals surface area contributed by atoms with E-state index in [1.54, 1.807) is 0 Å². The van der Waals surface area contributed by atoms with Crippen molar-refractivity contribution in [3.8, 4) is 0 Å². The Kier molecular flexibility index (Phi) is 2.42. The van der Waals surface area contributed by atoms with Crippen molar-refractivity contribution in [2.75, 3.05) is 6.54 Å². The average molecular weight is 171 g/mol. The van der Waals surface area contributed by atoms with Gasteiger partial charge in [-0.3, -0.25) is 4.79 Å². The molecule has 70 valence electrons. The van der Waals surface area contributed by atoms with Crippen LogP contribution in [0.5, 0.6) is 0 Å². The number of carbonyl (C=O) groups is 1. The number of nitrogens with one attached hydrogen (secondary N) is 1. The predicted molar refractivity (Wildman–Crippen MR) is 47.0 cm³/mol. The van der Waals surface area contributed by atoms with Gasteiger partial charge in [-0.1, -0.05) is 20.8 Å². The molecule has 1 saturated heterocycles.